The van der Waals surface area contributed by atoms with Gasteiger partial charge in [-0.15, -0.1) is 11.3 Å². The molecule has 2 N–H and O–H groups in total. The van der Waals surface area contributed by atoms with Crippen LogP contribution >= 0.6 is 23.1 Å². The minimum absolute atomic E-state index is 0.0711. The Bertz CT molecular complexity index is 711. The summed E-state index contributed by atoms with van der Waals surface area (Å²) in [4.78, 5) is 25.0. The molecule has 2 aromatic rings. The van der Waals surface area contributed by atoms with Gasteiger partial charge in [0.25, 0.3) is 0 Å². The summed E-state index contributed by atoms with van der Waals surface area (Å²) < 4.78 is 0. The zero-order valence-corrected chi connectivity index (χ0v) is 16.0. The quantitative estimate of drug-likeness (QED) is 0.639. The molecule has 0 aromatic carbocycles. The van der Waals surface area contributed by atoms with Gasteiger partial charge in [0, 0.05) is 23.9 Å². The molecule has 1 amide bonds. The number of hydrogen-bond acceptors (Lipinski definition) is 6. The molecule has 2 aromatic heterocycles. The van der Waals surface area contributed by atoms with Gasteiger partial charge in [0.15, 0.2) is 0 Å². The zero-order chi connectivity index (χ0) is 17.2. The lowest BCUT2D eigenvalue weighted by Crippen LogP contribution is -2.40. The molecule has 0 atom stereocenters. The van der Waals surface area contributed by atoms with E-state index in [1.54, 1.807) is 22.6 Å². The SMILES string of the molecule is Cc1sc2ncnc(SCC(=O)N(C)CC(C)(C)CN)c2c1C. The monoisotopic (exact) mass is 352 g/mol. The lowest BCUT2D eigenvalue weighted by molar-refractivity contribution is -0.128. The third kappa shape index (κ3) is 4.22. The van der Waals surface area contributed by atoms with Crippen molar-refractivity contribution in [1.29, 1.82) is 0 Å². The van der Waals surface area contributed by atoms with Crippen molar-refractivity contribution in [3.8, 4) is 0 Å². The first-order valence-electron chi connectivity index (χ1n) is 7.52. The summed E-state index contributed by atoms with van der Waals surface area (Å²) in [6.45, 7) is 9.50. The molecule has 0 bridgehead atoms. The molecule has 0 saturated carbocycles. The predicted octanol–water partition coefficient (Wildman–Crippen LogP) is 2.84. The van der Waals surface area contributed by atoms with Crippen LogP contribution in [-0.4, -0.2) is 46.7 Å². The Morgan fingerprint density at radius 3 is 2.74 bits per heavy atom. The Morgan fingerprint density at radius 2 is 2.09 bits per heavy atom. The number of fused-ring (bicyclic) bond motifs is 1. The highest BCUT2D eigenvalue weighted by atomic mass is 32.2. The number of carbonyl (C=O) groups excluding carboxylic acids is 1. The van der Waals surface area contributed by atoms with Gasteiger partial charge in [0.2, 0.25) is 5.91 Å². The molecule has 23 heavy (non-hydrogen) atoms. The Kier molecular flexibility index (Phi) is 5.65. The highest BCUT2D eigenvalue weighted by molar-refractivity contribution is 8.00. The molecule has 126 valence electrons. The van der Waals surface area contributed by atoms with E-state index in [0.29, 0.717) is 18.8 Å². The number of carbonyl (C=O) groups is 1. The molecule has 0 fully saturated rings. The van der Waals surface area contributed by atoms with Crippen molar-refractivity contribution in [3.05, 3.63) is 16.8 Å². The number of thioether (sulfide) groups is 1. The lowest BCUT2D eigenvalue weighted by Gasteiger charge is -2.29. The maximum absolute atomic E-state index is 12.4. The van der Waals surface area contributed by atoms with Gasteiger partial charge < -0.3 is 10.6 Å². The third-order valence-electron chi connectivity index (χ3n) is 3.91. The smallest absolute Gasteiger partial charge is 0.232 e. The predicted molar refractivity (Wildman–Crippen MR) is 98.1 cm³/mol. The fourth-order valence-electron chi connectivity index (χ4n) is 2.29. The van der Waals surface area contributed by atoms with Crippen LogP contribution in [0.1, 0.15) is 24.3 Å². The van der Waals surface area contributed by atoms with Crippen LogP contribution in [0.15, 0.2) is 11.4 Å². The summed E-state index contributed by atoms with van der Waals surface area (Å²) in [6.07, 6.45) is 1.58. The van der Waals surface area contributed by atoms with E-state index >= 15 is 0 Å². The van der Waals surface area contributed by atoms with Crippen molar-refractivity contribution < 1.29 is 4.79 Å². The molecule has 0 radical (unpaired) electrons. The number of aryl methyl sites for hydroxylation is 2. The van der Waals surface area contributed by atoms with Crippen molar-refractivity contribution in [3.63, 3.8) is 0 Å². The van der Waals surface area contributed by atoms with Crippen LogP contribution in [0.25, 0.3) is 10.2 Å². The molecule has 0 unspecified atom stereocenters. The van der Waals surface area contributed by atoms with E-state index < -0.39 is 0 Å². The largest absolute Gasteiger partial charge is 0.344 e. The fraction of sp³-hybridized carbons (Fsp3) is 0.562. The Labute approximate surface area is 145 Å². The van der Waals surface area contributed by atoms with E-state index in [1.165, 1.54) is 22.2 Å². The van der Waals surface area contributed by atoms with Gasteiger partial charge in [-0.1, -0.05) is 25.6 Å². The van der Waals surface area contributed by atoms with Crippen molar-refractivity contribution in [2.24, 2.45) is 11.1 Å². The molecule has 7 heteroatoms. The molecule has 0 saturated heterocycles. The van der Waals surface area contributed by atoms with Crippen LogP contribution in [0.5, 0.6) is 0 Å². The second kappa shape index (κ2) is 7.15. The standard InChI is InChI=1S/C16H24N4OS2/c1-10-11(2)23-15-13(10)14(18-9-19-15)22-6-12(21)20(5)8-16(3,4)7-17/h9H,6-8,17H2,1-5H3. The van der Waals surface area contributed by atoms with Crippen molar-refractivity contribution in [2.75, 3.05) is 25.9 Å². The first kappa shape index (κ1) is 18.2. The van der Waals surface area contributed by atoms with Crippen LogP contribution in [0, 0.1) is 19.3 Å². The highest BCUT2D eigenvalue weighted by Gasteiger charge is 2.21. The number of hydrogen-bond donors (Lipinski definition) is 1. The van der Waals surface area contributed by atoms with Gasteiger partial charge in [-0.3, -0.25) is 4.79 Å². The van der Waals surface area contributed by atoms with Crippen LogP contribution in [0.4, 0.5) is 0 Å². The Hall–Kier alpha value is -1.18. The molecular formula is C16H24N4OS2. The van der Waals surface area contributed by atoms with Gasteiger partial charge in [0.05, 0.1) is 5.75 Å². The fourth-order valence-corrected chi connectivity index (χ4v) is 4.35. The van der Waals surface area contributed by atoms with E-state index in [0.717, 1.165) is 15.2 Å². The molecule has 2 rings (SSSR count). The van der Waals surface area contributed by atoms with E-state index in [1.807, 2.05) is 7.05 Å². The maximum atomic E-state index is 12.4. The lowest BCUT2D eigenvalue weighted by atomic mass is 9.93. The van der Waals surface area contributed by atoms with Gasteiger partial charge >= 0.3 is 0 Å². The van der Waals surface area contributed by atoms with Crippen LogP contribution in [0.2, 0.25) is 0 Å². The minimum atomic E-state index is -0.0711. The van der Waals surface area contributed by atoms with E-state index in [4.69, 9.17) is 5.73 Å². The topological polar surface area (TPSA) is 72.1 Å². The van der Waals surface area contributed by atoms with Crippen molar-refractivity contribution in [1.82, 2.24) is 14.9 Å². The summed E-state index contributed by atoms with van der Waals surface area (Å²) in [7, 11) is 1.83. The maximum Gasteiger partial charge on any atom is 0.232 e. The summed E-state index contributed by atoms with van der Waals surface area (Å²) in [5.74, 6) is 0.463. The average Bonchev–Trinajstić information content (AvgIpc) is 2.80. The van der Waals surface area contributed by atoms with Crippen LogP contribution in [-0.2, 0) is 4.79 Å². The molecular weight excluding hydrogens is 328 g/mol. The van der Waals surface area contributed by atoms with E-state index in [2.05, 4.69) is 37.7 Å². The summed E-state index contributed by atoms with van der Waals surface area (Å²) >= 11 is 3.15. The van der Waals surface area contributed by atoms with Gasteiger partial charge in [-0.2, -0.15) is 0 Å². The van der Waals surface area contributed by atoms with Crippen molar-refractivity contribution >= 4 is 39.2 Å². The average molecular weight is 353 g/mol. The summed E-state index contributed by atoms with van der Waals surface area (Å²) in [5.41, 5.74) is 6.88. The number of thiophene rings is 1. The molecule has 2 heterocycles. The zero-order valence-electron chi connectivity index (χ0n) is 14.3. The normalized spacial score (nSPS) is 11.9. The summed E-state index contributed by atoms with van der Waals surface area (Å²) in [5, 5.41) is 1.97. The first-order valence-corrected chi connectivity index (χ1v) is 9.33. The number of amides is 1. The molecule has 0 aliphatic carbocycles. The van der Waals surface area contributed by atoms with Gasteiger partial charge in [0.1, 0.15) is 16.2 Å². The Morgan fingerprint density at radius 1 is 1.39 bits per heavy atom. The molecule has 0 aliphatic heterocycles. The number of nitrogens with zero attached hydrogens (tertiary/aromatic N) is 3. The van der Waals surface area contributed by atoms with Gasteiger partial charge in [-0.25, -0.2) is 9.97 Å². The summed E-state index contributed by atoms with van der Waals surface area (Å²) in [6, 6.07) is 0. The van der Waals surface area contributed by atoms with Crippen LogP contribution in [0.3, 0.4) is 0 Å². The van der Waals surface area contributed by atoms with Crippen LogP contribution < -0.4 is 5.73 Å². The minimum Gasteiger partial charge on any atom is -0.344 e. The first-order chi connectivity index (χ1) is 10.7. The van der Waals surface area contributed by atoms with Crippen molar-refractivity contribution in [2.45, 2.75) is 32.7 Å². The second-order valence-corrected chi connectivity index (χ2v) is 8.72. The number of nitrogens with two attached hydrogens (primary N) is 1. The molecule has 0 spiro atoms. The molecule has 0 aliphatic rings. The van der Waals surface area contributed by atoms with E-state index in [-0.39, 0.29) is 11.3 Å². The third-order valence-corrected chi connectivity index (χ3v) is 6.00. The van der Waals surface area contributed by atoms with Gasteiger partial charge in [-0.05, 0) is 31.4 Å². The van der Waals surface area contributed by atoms with E-state index in [9.17, 15) is 4.79 Å². The molecule has 5 nitrogen and oxygen atoms in total. The number of aromatic nitrogens is 2. The number of rotatable bonds is 6. The highest BCUT2D eigenvalue weighted by Crippen LogP contribution is 2.34. The Balaban J connectivity index is 2.08. The second-order valence-electron chi connectivity index (χ2n) is 6.55.